The Bertz CT molecular complexity index is 340. The average Bonchev–Trinajstić information content (AvgIpc) is 2.55. The molecular formula is C10H20N2O3S. The van der Waals surface area contributed by atoms with Crippen molar-refractivity contribution in [3.05, 3.63) is 0 Å². The summed E-state index contributed by atoms with van der Waals surface area (Å²) in [5.74, 6) is 0.655. The molecule has 16 heavy (non-hydrogen) atoms. The summed E-state index contributed by atoms with van der Waals surface area (Å²) in [6, 6.07) is -0.261. The first-order valence-electron chi connectivity index (χ1n) is 5.66. The number of sulfone groups is 1. The van der Waals surface area contributed by atoms with Crippen LogP contribution in [0.3, 0.4) is 0 Å². The van der Waals surface area contributed by atoms with Gasteiger partial charge in [-0.05, 0) is 32.7 Å². The third-order valence-electron chi connectivity index (χ3n) is 2.78. The van der Waals surface area contributed by atoms with Crippen LogP contribution in [0.2, 0.25) is 0 Å². The Balaban J connectivity index is 2.28. The maximum atomic E-state index is 11.4. The quantitative estimate of drug-likeness (QED) is 0.690. The van der Waals surface area contributed by atoms with Gasteiger partial charge in [0.05, 0.1) is 17.5 Å². The Kier molecular flexibility index (Phi) is 4.73. The Hall–Kier alpha value is -0.620. The summed E-state index contributed by atoms with van der Waals surface area (Å²) in [5, 5.41) is 5.79. The monoisotopic (exact) mass is 248 g/mol. The van der Waals surface area contributed by atoms with Crippen LogP contribution in [0.1, 0.15) is 20.3 Å². The van der Waals surface area contributed by atoms with Crippen LogP contribution in [-0.2, 0) is 14.6 Å². The zero-order valence-electron chi connectivity index (χ0n) is 9.82. The largest absolute Gasteiger partial charge is 0.355 e. The predicted octanol–water partition coefficient (Wildman–Crippen LogP) is -0.465. The van der Waals surface area contributed by atoms with Gasteiger partial charge < -0.3 is 10.6 Å². The smallest absolute Gasteiger partial charge is 0.236 e. The molecule has 2 atom stereocenters. The van der Waals surface area contributed by atoms with Gasteiger partial charge in [0.25, 0.3) is 0 Å². The minimum absolute atomic E-state index is 0.0386. The lowest BCUT2D eigenvalue weighted by Gasteiger charge is -2.15. The van der Waals surface area contributed by atoms with E-state index < -0.39 is 9.84 Å². The van der Waals surface area contributed by atoms with Gasteiger partial charge in [-0.2, -0.15) is 0 Å². The Morgan fingerprint density at radius 1 is 1.50 bits per heavy atom. The van der Waals surface area contributed by atoms with Crippen LogP contribution < -0.4 is 10.6 Å². The van der Waals surface area contributed by atoms with Gasteiger partial charge in [-0.15, -0.1) is 0 Å². The zero-order valence-corrected chi connectivity index (χ0v) is 10.6. The average molecular weight is 248 g/mol. The maximum absolute atomic E-state index is 11.4. The first-order chi connectivity index (χ1) is 7.44. The van der Waals surface area contributed by atoms with Crippen molar-refractivity contribution in [2.24, 2.45) is 5.92 Å². The molecular weight excluding hydrogens is 228 g/mol. The summed E-state index contributed by atoms with van der Waals surface area (Å²) < 4.78 is 22.4. The fourth-order valence-corrected chi connectivity index (χ4v) is 3.66. The summed E-state index contributed by atoms with van der Waals surface area (Å²) in [6.07, 6.45) is 0.706. The molecule has 0 radical (unpaired) electrons. The molecule has 1 heterocycles. The first-order valence-corrected chi connectivity index (χ1v) is 7.48. The number of carbonyl (C=O) groups is 1. The van der Waals surface area contributed by atoms with E-state index in [1.807, 2.05) is 6.92 Å². The molecule has 0 aliphatic carbocycles. The van der Waals surface area contributed by atoms with Gasteiger partial charge >= 0.3 is 0 Å². The number of carbonyl (C=O) groups excluding carboxylic acids is 1. The second-order valence-corrected chi connectivity index (χ2v) is 6.52. The molecule has 1 aliphatic rings. The van der Waals surface area contributed by atoms with E-state index in [-0.39, 0.29) is 29.4 Å². The highest BCUT2D eigenvalue weighted by atomic mass is 32.2. The maximum Gasteiger partial charge on any atom is 0.236 e. The summed E-state index contributed by atoms with van der Waals surface area (Å²) in [4.78, 5) is 11.4. The number of likely N-dealkylation sites (N-methyl/N-ethyl adjacent to an activating group) is 1. The molecule has 1 aliphatic heterocycles. The van der Waals surface area contributed by atoms with E-state index in [4.69, 9.17) is 0 Å². The van der Waals surface area contributed by atoms with E-state index >= 15 is 0 Å². The fourth-order valence-electron chi connectivity index (χ4n) is 1.80. The van der Waals surface area contributed by atoms with Gasteiger partial charge in [0.15, 0.2) is 9.84 Å². The van der Waals surface area contributed by atoms with Crippen LogP contribution in [0, 0.1) is 5.92 Å². The van der Waals surface area contributed by atoms with Crippen molar-refractivity contribution in [1.29, 1.82) is 0 Å². The number of hydrogen-bond donors (Lipinski definition) is 2. The van der Waals surface area contributed by atoms with Crippen LogP contribution >= 0.6 is 0 Å². The van der Waals surface area contributed by atoms with E-state index in [1.165, 1.54) is 0 Å². The number of hydrogen-bond acceptors (Lipinski definition) is 4. The van der Waals surface area contributed by atoms with Crippen molar-refractivity contribution in [2.75, 3.05) is 24.6 Å². The van der Waals surface area contributed by atoms with Gasteiger partial charge in [-0.1, -0.05) is 0 Å². The molecule has 0 aromatic carbocycles. The van der Waals surface area contributed by atoms with Crippen LogP contribution in [0.25, 0.3) is 0 Å². The number of amides is 1. The highest BCUT2D eigenvalue weighted by Crippen LogP contribution is 2.17. The van der Waals surface area contributed by atoms with Crippen molar-refractivity contribution in [3.8, 4) is 0 Å². The van der Waals surface area contributed by atoms with E-state index in [1.54, 1.807) is 6.92 Å². The van der Waals surface area contributed by atoms with E-state index in [9.17, 15) is 13.2 Å². The lowest BCUT2D eigenvalue weighted by molar-refractivity contribution is -0.122. The first kappa shape index (κ1) is 13.4. The lowest BCUT2D eigenvalue weighted by Crippen LogP contribution is -2.43. The SMILES string of the molecule is CCNC(=O)C(C)NCC1CCS(=O)(=O)C1. The summed E-state index contributed by atoms with van der Waals surface area (Å²) >= 11 is 0. The summed E-state index contributed by atoms with van der Waals surface area (Å²) in [5.41, 5.74) is 0. The van der Waals surface area contributed by atoms with Gasteiger partial charge in [-0.25, -0.2) is 8.42 Å². The molecule has 94 valence electrons. The lowest BCUT2D eigenvalue weighted by atomic mass is 10.1. The van der Waals surface area contributed by atoms with Gasteiger partial charge in [0.2, 0.25) is 5.91 Å². The Morgan fingerprint density at radius 3 is 2.69 bits per heavy atom. The molecule has 0 spiro atoms. The molecule has 1 amide bonds. The zero-order chi connectivity index (χ0) is 12.2. The highest BCUT2D eigenvalue weighted by Gasteiger charge is 2.28. The second kappa shape index (κ2) is 5.63. The number of nitrogens with one attached hydrogen (secondary N) is 2. The van der Waals surface area contributed by atoms with Gasteiger partial charge in [0.1, 0.15) is 0 Å². The summed E-state index contributed by atoms with van der Waals surface area (Å²) in [6.45, 7) is 4.86. The van der Waals surface area contributed by atoms with E-state index in [2.05, 4.69) is 10.6 Å². The van der Waals surface area contributed by atoms with Crippen molar-refractivity contribution in [2.45, 2.75) is 26.3 Å². The Morgan fingerprint density at radius 2 is 2.19 bits per heavy atom. The van der Waals surface area contributed by atoms with Crippen LogP contribution in [0.15, 0.2) is 0 Å². The molecule has 5 nitrogen and oxygen atoms in total. The summed E-state index contributed by atoms with van der Waals surface area (Å²) in [7, 11) is -2.81. The normalized spacial score (nSPS) is 25.2. The molecule has 2 N–H and O–H groups in total. The van der Waals surface area contributed by atoms with Crippen molar-refractivity contribution < 1.29 is 13.2 Å². The molecule has 1 fully saturated rings. The molecule has 2 unspecified atom stereocenters. The van der Waals surface area contributed by atoms with Gasteiger partial charge in [0, 0.05) is 6.54 Å². The molecule has 0 aromatic heterocycles. The minimum atomic E-state index is -2.81. The molecule has 0 aromatic rings. The third kappa shape index (κ3) is 4.09. The molecule has 6 heteroatoms. The van der Waals surface area contributed by atoms with Crippen LogP contribution in [0.5, 0.6) is 0 Å². The second-order valence-electron chi connectivity index (χ2n) is 4.29. The molecule has 0 bridgehead atoms. The third-order valence-corrected chi connectivity index (χ3v) is 4.62. The minimum Gasteiger partial charge on any atom is -0.355 e. The van der Waals surface area contributed by atoms with Crippen molar-refractivity contribution in [1.82, 2.24) is 10.6 Å². The number of rotatable bonds is 5. The van der Waals surface area contributed by atoms with E-state index in [0.717, 1.165) is 0 Å². The highest BCUT2D eigenvalue weighted by molar-refractivity contribution is 7.91. The standard InChI is InChI=1S/C10H20N2O3S/c1-3-11-10(13)8(2)12-6-9-4-5-16(14,15)7-9/h8-9,12H,3-7H2,1-2H3,(H,11,13). The molecule has 1 saturated heterocycles. The Labute approximate surface area is 96.9 Å². The molecule has 1 rings (SSSR count). The fraction of sp³-hybridized carbons (Fsp3) is 0.900. The van der Waals surface area contributed by atoms with Gasteiger partial charge in [-0.3, -0.25) is 4.79 Å². The predicted molar refractivity (Wildman–Crippen MR) is 62.9 cm³/mol. The van der Waals surface area contributed by atoms with Crippen LogP contribution in [0.4, 0.5) is 0 Å². The van der Waals surface area contributed by atoms with Crippen molar-refractivity contribution >= 4 is 15.7 Å². The van der Waals surface area contributed by atoms with Crippen LogP contribution in [-0.4, -0.2) is 45.0 Å². The van der Waals surface area contributed by atoms with Crippen molar-refractivity contribution in [3.63, 3.8) is 0 Å². The topological polar surface area (TPSA) is 75.3 Å². The van der Waals surface area contributed by atoms with E-state index in [0.29, 0.717) is 19.5 Å². The molecule has 0 saturated carbocycles.